The summed E-state index contributed by atoms with van der Waals surface area (Å²) in [5.74, 6) is -2.32. The third-order valence-electron chi connectivity index (χ3n) is 3.43. The predicted octanol–water partition coefficient (Wildman–Crippen LogP) is -0.275. The van der Waals surface area contributed by atoms with Gasteiger partial charge in [-0.3, -0.25) is 4.79 Å². The number of phenols is 1. The lowest BCUT2D eigenvalue weighted by Crippen LogP contribution is -2.24. The molecule has 6 N–H and O–H groups in total. The summed E-state index contributed by atoms with van der Waals surface area (Å²) in [6.45, 7) is 0. The van der Waals surface area contributed by atoms with Gasteiger partial charge in [0, 0.05) is 11.8 Å². The number of aliphatic imine (C=N–C) groups is 3. The molecule has 23 heavy (non-hydrogen) atoms. The normalized spacial score (nSPS) is 17.7. The number of nitrogens with zero attached hydrogens (tertiary/aromatic N) is 3. The van der Waals surface area contributed by atoms with Crippen LogP contribution in [0, 0.1) is 0 Å². The summed E-state index contributed by atoms with van der Waals surface area (Å²) in [5.41, 5.74) is 12.1. The second kappa shape index (κ2) is 5.14. The third kappa shape index (κ3) is 2.38. The van der Waals surface area contributed by atoms with Gasteiger partial charge in [-0.15, -0.1) is 0 Å². The summed E-state index contributed by atoms with van der Waals surface area (Å²) in [7, 11) is 0. The van der Waals surface area contributed by atoms with Crippen molar-refractivity contribution in [3.63, 3.8) is 0 Å². The molecule has 1 atom stereocenters. The molecule has 0 saturated carbocycles. The molecule has 0 aliphatic carbocycles. The number of carbonyl (C=O) groups excluding carboxylic acids is 1. The van der Waals surface area contributed by atoms with E-state index in [9.17, 15) is 14.7 Å². The van der Waals surface area contributed by atoms with Crippen LogP contribution in [0.15, 0.2) is 44.3 Å². The highest BCUT2D eigenvalue weighted by Crippen LogP contribution is 2.30. The molecular formula is C14H11N5O4. The Bertz CT molecular complexity index is 866. The second-order valence-electron chi connectivity index (χ2n) is 4.86. The summed E-state index contributed by atoms with van der Waals surface area (Å²) >= 11 is 0. The molecule has 0 radical (unpaired) electrons. The van der Waals surface area contributed by atoms with Crippen molar-refractivity contribution in [1.82, 2.24) is 0 Å². The fourth-order valence-electron chi connectivity index (χ4n) is 2.32. The molecule has 1 aromatic rings. The van der Waals surface area contributed by atoms with Gasteiger partial charge in [-0.2, -0.15) is 9.98 Å². The molecule has 0 aromatic heterocycles. The number of aromatic carboxylic acids is 1. The lowest BCUT2D eigenvalue weighted by Gasteiger charge is -2.15. The molecule has 2 aliphatic heterocycles. The van der Waals surface area contributed by atoms with Gasteiger partial charge in [-0.1, -0.05) is 6.07 Å². The van der Waals surface area contributed by atoms with Crippen molar-refractivity contribution in [2.75, 3.05) is 0 Å². The largest absolute Gasteiger partial charge is 0.507 e. The van der Waals surface area contributed by atoms with Gasteiger partial charge in [0.05, 0.1) is 11.6 Å². The molecule has 3 rings (SSSR count). The summed E-state index contributed by atoms with van der Waals surface area (Å²) in [6, 6.07) is 3.10. The van der Waals surface area contributed by atoms with E-state index < -0.39 is 17.9 Å². The quantitative estimate of drug-likeness (QED) is 0.599. The first kappa shape index (κ1) is 14.6. The second-order valence-corrected chi connectivity index (χ2v) is 4.86. The molecule has 9 nitrogen and oxygen atoms in total. The molecule has 0 saturated heterocycles. The van der Waals surface area contributed by atoms with Crippen molar-refractivity contribution in [3.8, 4) is 5.75 Å². The van der Waals surface area contributed by atoms with Gasteiger partial charge in [-0.25, -0.2) is 9.79 Å². The smallest absolute Gasteiger partial charge is 0.339 e. The molecule has 1 aromatic carbocycles. The molecule has 9 heteroatoms. The zero-order chi connectivity index (χ0) is 16.7. The number of hydrogen-bond acceptors (Lipinski definition) is 7. The Kier molecular flexibility index (Phi) is 3.26. The minimum Gasteiger partial charge on any atom is -0.507 e. The molecule has 116 valence electrons. The van der Waals surface area contributed by atoms with Crippen LogP contribution in [0.3, 0.4) is 0 Å². The van der Waals surface area contributed by atoms with Crippen LogP contribution in [-0.4, -0.2) is 40.1 Å². The minimum atomic E-state index is -1.29. The predicted molar refractivity (Wildman–Crippen MR) is 81.6 cm³/mol. The Morgan fingerprint density at radius 3 is 2.70 bits per heavy atom. The molecule has 0 spiro atoms. The number of guanidine groups is 1. The first-order valence-electron chi connectivity index (χ1n) is 6.46. The van der Waals surface area contributed by atoms with E-state index in [1.54, 1.807) is 0 Å². The molecule has 2 aliphatic rings. The van der Waals surface area contributed by atoms with E-state index in [2.05, 4.69) is 15.0 Å². The molecule has 2 heterocycles. The van der Waals surface area contributed by atoms with Crippen molar-refractivity contribution in [2.45, 2.75) is 6.04 Å². The fraction of sp³-hybridized carbons (Fsp3) is 0.0714. The molecule has 1 unspecified atom stereocenters. The van der Waals surface area contributed by atoms with Gasteiger partial charge in [0.15, 0.2) is 5.84 Å². The summed E-state index contributed by atoms with van der Waals surface area (Å²) in [6.07, 6.45) is 1.37. The molecule has 0 fully saturated rings. The van der Waals surface area contributed by atoms with Crippen molar-refractivity contribution in [3.05, 3.63) is 40.5 Å². The van der Waals surface area contributed by atoms with E-state index in [4.69, 9.17) is 16.6 Å². The Morgan fingerprint density at radius 2 is 2.00 bits per heavy atom. The Morgan fingerprint density at radius 1 is 1.26 bits per heavy atom. The number of carboxylic acids is 1. The summed E-state index contributed by atoms with van der Waals surface area (Å²) in [5, 5.41) is 18.6. The van der Waals surface area contributed by atoms with Crippen LogP contribution in [0.1, 0.15) is 22.0 Å². The first-order chi connectivity index (χ1) is 10.9. The Balaban J connectivity index is 2.05. The summed E-state index contributed by atoms with van der Waals surface area (Å²) < 4.78 is 0. The van der Waals surface area contributed by atoms with E-state index in [1.807, 2.05) is 0 Å². The number of aromatic hydroxyl groups is 1. The zero-order valence-electron chi connectivity index (χ0n) is 11.6. The zero-order valence-corrected chi connectivity index (χ0v) is 11.6. The first-order valence-corrected chi connectivity index (χ1v) is 6.46. The Hall–Kier alpha value is -3.33. The lowest BCUT2D eigenvalue weighted by molar-refractivity contribution is -0.114. The Labute approximate surface area is 129 Å². The number of amidine groups is 1. The third-order valence-corrected chi connectivity index (χ3v) is 3.43. The number of fused-ring (bicyclic) bond motifs is 1. The number of benzene rings is 1. The van der Waals surface area contributed by atoms with Crippen molar-refractivity contribution in [2.24, 2.45) is 26.4 Å². The van der Waals surface area contributed by atoms with Crippen LogP contribution in [0.25, 0.3) is 0 Å². The summed E-state index contributed by atoms with van der Waals surface area (Å²) in [4.78, 5) is 34.5. The topological polar surface area (TPSA) is 164 Å². The SMILES string of the molecule is NC1=NC(=O)C2=C(C(N)c3ccc(O)c(C(=O)O)c3)C=NC2=N1. The van der Waals surface area contributed by atoms with E-state index in [0.717, 1.165) is 0 Å². The van der Waals surface area contributed by atoms with Crippen LogP contribution in [0.4, 0.5) is 0 Å². The average molecular weight is 313 g/mol. The number of amides is 1. The maximum atomic E-state index is 12.0. The van der Waals surface area contributed by atoms with Crippen molar-refractivity contribution >= 4 is 29.9 Å². The standard InChI is InChI=1S/C14H11N5O4/c15-10(5-1-2-8(20)6(3-5)13(22)23)7-4-17-11-9(7)12(21)19-14(16)18-11/h1-4,10,20H,15H2,(H,22,23)(H2,16,19,21). The van der Waals surface area contributed by atoms with E-state index >= 15 is 0 Å². The van der Waals surface area contributed by atoms with Gasteiger partial charge < -0.3 is 21.7 Å². The van der Waals surface area contributed by atoms with Gasteiger partial charge in [0.25, 0.3) is 5.91 Å². The number of nitrogens with two attached hydrogens (primary N) is 2. The van der Waals surface area contributed by atoms with Crippen LogP contribution in [0.5, 0.6) is 5.75 Å². The van der Waals surface area contributed by atoms with E-state index in [0.29, 0.717) is 11.1 Å². The van der Waals surface area contributed by atoms with Gasteiger partial charge in [-0.05, 0) is 17.7 Å². The maximum Gasteiger partial charge on any atom is 0.339 e. The van der Waals surface area contributed by atoms with E-state index in [-0.39, 0.29) is 28.7 Å². The van der Waals surface area contributed by atoms with E-state index in [1.165, 1.54) is 24.4 Å². The highest BCUT2D eigenvalue weighted by Gasteiger charge is 2.31. The minimum absolute atomic E-state index is 0.130. The van der Waals surface area contributed by atoms with Gasteiger partial charge >= 0.3 is 5.97 Å². The van der Waals surface area contributed by atoms with Crippen LogP contribution in [-0.2, 0) is 4.79 Å². The van der Waals surface area contributed by atoms with Crippen LogP contribution in [0.2, 0.25) is 0 Å². The van der Waals surface area contributed by atoms with Gasteiger partial charge in [0.2, 0.25) is 5.96 Å². The van der Waals surface area contributed by atoms with Crippen LogP contribution >= 0.6 is 0 Å². The monoisotopic (exact) mass is 313 g/mol. The number of rotatable bonds is 3. The highest BCUT2D eigenvalue weighted by atomic mass is 16.4. The average Bonchev–Trinajstić information content (AvgIpc) is 2.90. The molecule has 0 bridgehead atoms. The lowest BCUT2D eigenvalue weighted by atomic mass is 9.94. The fourth-order valence-corrected chi connectivity index (χ4v) is 2.32. The maximum absolute atomic E-state index is 12.0. The van der Waals surface area contributed by atoms with Crippen LogP contribution < -0.4 is 11.5 Å². The molecule has 1 amide bonds. The molecular weight excluding hydrogens is 302 g/mol. The number of carboxylic acid groups (broad SMARTS) is 1. The van der Waals surface area contributed by atoms with Crippen molar-refractivity contribution < 1.29 is 19.8 Å². The highest BCUT2D eigenvalue weighted by molar-refractivity contribution is 6.34. The number of hydrogen-bond donors (Lipinski definition) is 4. The van der Waals surface area contributed by atoms with Crippen molar-refractivity contribution in [1.29, 1.82) is 0 Å². The number of carbonyl (C=O) groups is 2. The van der Waals surface area contributed by atoms with Gasteiger partial charge in [0.1, 0.15) is 11.3 Å².